The van der Waals surface area contributed by atoms with Crippen LogP contribution in [0.15, 0.2) is 78.5 Å². The Balaban J connectivity index is 1.83. The molecule has 0 N–H and O–H groups in total. The highest BCUT2D eigenvalue weighted by molar-refractivity contribution is 5.67. The van der Waals surface area contributed by atoms with Crippen LogP contribution in [-0.2, 0) is 0 Å². The van der Waals surface area contributed by atoms with Gasteiger partial charge in [0, 0.05) is 18.4 Å². The molecule has 1 aliphatic carbocycles. The van der Waals surface area contributed by atoms with Crippen LogP contribution < -0.4 is 4.90 Å². The zero-order valence-electron chi connectivity index (χ0n) is 11.8. The first kappa shape index (κ1) is 12.7. The zero-order valence-corrected chi connectivity index (χ0v) is 11.8. The summed E-state index contributed by atoms with van der Waals surface area (Å²) < 4.78 is 0. The number of anilines is 1. The molecule has 2 aromatic carbocycles. The van der Waals surface area contributed by atoms with E-state index in [1.54, 1.807) is 0 Å². The molecule has 0 spiro atoms. The lowest BCUT2D eigenvalue weighted by molar-refractivity contribution is 0.984. The van der Waals surface area contributed by atoms with Crippen molar-refractivity contribution in [2.24, 2.45) is 0 Å². The van der Waals surface area contributed by atoms with Gasteiger partial charge in [-0.2, -0.15) is 0 Å². The average molecular weight is 261 g/mol. The fraction of sp³-hybridized carbons (Fsp3) is 0.158. The summed E-state index contributed by atoms with van der Waals surface area (Å²) >= 11 is 0. The van der Waals surface area contributed by atoms with Crippen molar-refractivity contribution >= 4 is 5.69 Å². The maximum atomic E-state index is 2.30. The van der Waals surface area contributed by atoms with Crippen molar-refractivity contribution in [3.8, 4) is 11.1 Å². The standard InChI is InChI=1S/C19H19N/c1-20(18-10-6-3-7-11-18)19-14-12-17(13-15-19)16-8-4-2-5-9-16/h2,4-6,8-15H,3,7H2,1H3. The van der Waals surface area contributed by atoms with Gasteiger partial charge in [0.25, 0.3) is 0 Å². The van der Waals surface area contributed by atoms with Crippen LogP contribution in [0.4, 0.5) is 5.69 Å². The fourth-order valence-corrected chi connectivity index (χ4v) is 2.51. The number of hydrogen-bond donors (Lipinski definition) is 0. The molecule has 0 bridgehead atoms. The third kappa shape index (κ3) is 2.67. The molecule has 100 valence electrons. The third-order valence-electron chi connectivity index (χ3n) is 3.72. The predicted molar refractivity (Wildman–Crippen MR) is 86.7 cm³/mol. The van der Waals surface area contributed by atoms with Crippen molar-refractivity contribution in [1.29, 1.82) is 0 Å². The van der Waals surface area contributed by atoms with Crippen molar-refractivity contribution in [2.45, 2.75) is 12.8 Å². The zero-order chi connectivity index (χ0) is 13.8. The minimum absolute atomic E-state index is 1.14. The molecule has 1 aliphatic rings. The van der Waals surface area contributed by atoms with Gasteiger partial charge in [-0.05, 0) is 42.2 Å². The predicted octanol–water partition coefficient (Wildman–Crippen LogP) is 5.02. The summed E-state index contributed by atoms with van der Waals surface area (Å²) in [6.07, 6.45) is 9.03. The number of likely N-dealkylation sites (N-methyl/N-ethyl adjacent to an activating group) is 1. The monoisotopic (exact) mass is 261 g/mol. The molecule has 0 unspecified atom stereocenters. The van der Waals surface area contributed by atoms with E-state index in [4.69, 9.17) is 0 Å². The van der Waals surface area contributed by atoms with Gasteiger partial charge in [0.2, 0.25) is 0 Å². The number of benzene rings is 2. The number of allylic oxidation sites excluding steroid dienone is 3. The van der Waals surface area contributed by atoms with Gasteiger partial charge < -0.3 is 4.90 Å². The normalized spacial score (nSPS) is 13.9. The molecule has 3 rings (SSSR count). The summed E-state index contributed by atoms with van der Waals surface area (Å²) in [5.41, 5.74) is 5.03. The summed E-state index contributed by atoms with van der Waals surface area (Å²) in [7, 11) is 2.12. The van der Waals surface area contributed by atoms with Gasteiger partial charge in [-0.1, -0.05) is 54.6 Å². The van der Waals surface area contributed by atoms with Crippen molar-refractivity contribution in [1.82, 2.24) is 0 Å². The van der Waals surface area contributed by atoms with Crippen LogP contribution in [0.2, 0.25) is 0 Å². The topological polar surface area (TPSA) is 3.24 Å². The van der Waals surface area contributed by atoms with E-state index in [1.807, 2.05) is 6.07 Å². The lowest BCUT2D eigenvalue weighted by Gasteiger charge is -2.22. The van der Waals surface area contributed by atoms with Crippen LogP contribution in [0.5, 0.6) is 0 Å². The highest BCUT2D eigenvalue weighted by Gasteiger charge is 2.06. The minimum atomic E-state index is 1.14. The molecule has 0 atom stereocenters. The Kier molecular flexibility index (Phi) is 3.69. The molecular weight excluding hydrogens is 242 g/mol. The van der Waals surface area contributed by atoms with Gasteiger partial charge in [-0.3, -0.25) is 0 Å². The van der Waals surface area contributed by atoms with Crippen LogP contribution in [0.1, 0.15) is 12.8 Å². The first-order chi connectivity index (χ1) is 9.84. The van der Waals surface area contributed by atoms with Crippen LogP contribution >= 0.6 is 0 Å². The minimum Gasteiger partial charge on any atom is -0.345 e. The van der Waals surface area contributed by atoms with Gasteiger partial charge in [-0.25, -0.2) is 0 Å². The first-order valence-corrected chi connectivity index (χ1v) is 7.10. The van der Waals surface area contributed by atoms with E-state index >= 15 is 0 Å². The first-order valence-electron chi connectivity index (χ1n) is 7.10. The molecule has 0 aliphatic heterocycles. The van der Waals surface area contributed by atoms with Crippen LogP contribution in [-0.4, -0.2) is 7.05 Å². The Morgan fingerprint density at radius 2 is 1.50 bits per heavy atom. The Morgan fingerprint density at radius 3 is 2.15 bits per heavy atom. The van der Waals surface area contributed by atoms with Crippen LogP contribution in [0.3, 0.4) is 0 Å². The fourth-order valence-electron chi connectivity index (χ4n) is 2.51. The average Bonchev–Trinajstić information content (AvgIpc) is 2.56. The van der Waals surface area contributed by atoms with E-state index in [9.17, 15) is 0 Å². The highest BCUT2D eigenvalue weighted by atomic mass is 15.1. The maximum Gasteiger partial charge on any atom is 0.0408 e. The summed E-state index contributed by atoms with van der Waals surface area (Å²) in [5.74, 6) is 0. The van der Waals surface area contributed by atoms with E-state index in [1.165, 1.54) is 22.5 Å². The lowest BCUT2D eigenvalue weighted by atomic mass is 10.0. The maximum absolute atomic E-state index is 2.30. The number of nitrogens with zero attached hydrogens (tertiary/aromatic N) is 1. The molecule has 0 saturated heterocycles. The van der Waals surface area contributed by atoms with Crippen molar-refractivity contribution < 1.29 is 0 Å². The largest absolute Gasteiger partial charge is 0.345 e. The van der Waals surface area contributed by atoms with Gasteiger partial charge in [-0.15, -0.1) is 0 Å². The molecule has 0 aromatic heterocycles. The molecule has 0 fully saturated rings. The van der Waals surface area contributed by atoms with Crippen LogP contribution in [0.25, 0.3) is 11.1 Å². The van der Waals surface area contributed by atoms with Gasteiger partial charge in [0.05, 0.1) is 0 Å². The second-order valence-corrected chi connectivity index (χ2v) is 5.08. The van der Waals surface area contributed by atoms with Crippen molar-refractivity contribution in [3.63, 3.8) is 0 Å². The third-order valence-corrected chi connectivity index (χ3v) is 3.72. The Hall–Kier alpha value is -2.28. The lowest BCUT2D eigenvalue weighted by Crippen LogP contribution is -2.15. The molecule has 0 amide bonds. The second-order valence-electron chi connectivity index (χ2n) is 5.08. The van der Waals surface area contributed by atoms with Gasteiger partial charge in [0.1, 0.15) is 0 Å². The summed E-state index contributed by atoms with van der Waals surface area (Å²) in [4.78, 5) is 2.24. The number of hydrogen-bond acceptors (Lipinski definition) is 1. The Bertz CT molecular complexity index is 621. The molecule has 0 saturated carbocycles. The van der Waals surface area contributed by atoms with E-state index in [2.05, 4.69) is 78.7 Å². The summed E-state index contributed by atoms with van der Waals surface area (Å²) in [5, 5.41) is 0. The molecule has 0 radical (unpaired) electrons. The second kappa shape index (κ2) is 5.79. The molecule has 1 heteroatoms. The quantitative estimate of drug-likeness (QED) is 0.749. The molecule has 2 aromatic rings. The summed E-state index contributed by atoms with van der Waals surface area (Å²) in [6, 6.07) is 19.2. The van der Waals surface area contributed by atoms with E-state index < -0.39 is 0 Å². The molecule has 20 heavy (non-hydrogen) atoms. The highest BCUT2D eigenvalue weighted by Crippen LogP contribution is 2.25. The molecular formula is C19H19N. The molecule has 1 nitrogen and oxygen atoms in total. The number of rotatable bonds is 3. The van der Waals surface area contributed by atoms with Gasteiger partial charge in [0.15, 0.2) is 0 Å². The SMILES string of the molecule is CN(C1=CCCC=C1)c1ccc(-c2ccccc2)cc1. The van der Waals surface area contributed by atoms with E-state index in [0.29, 0.717) is 0 Å². The summed E-state index contributed by atoms with van der Waals surface area (Å²) in [6.45, 7) is 0. The van der Waals surface area contributed by atoms with E-state index in [-0.39, 0.29) is 0 Å². The van der Waals surface area contributed by atoms with E-state index in [0.717, 1.165) is 12.8 Å². The van der Waals surface area contributed by atoms with Crippen molar-refractivity contribution in [2.75, 3.05) is 11.9 Å². The Morgan fingerprint density at radius 1 is 0.800 bits per heavy atom. The smallest absolute Gasteiger partial charge is 0.0408 e. The van der Waals surface area contributed by atoms with Crippen LogP contribution in [0, 0.1) is 0 Å². The Labute approximate surface area is 120 Å². The van der Waals surface area contributed by atoms with Gasteiger partial charge >= 0.3 is 0 Å². The van der Waals surface area contributed by atoms with Crippen molar-refractivity contribution in [3.05, 3.63) is 78.5 Å². The molecule has 0 heterocycles.